The second kappa shape index (κ2) is 6.43. The summed E-state index contributed by atoms with van der Waals surface area (Å²) in [5.74, 6) is 0.752. The number of hydrogen-bond acceptors (Lipinski definition) is 2. The number of aryl methyl sites for hydroxylation is 1. The third-order valence-corrected chi connectivity index (χ3v) is 7.46. The first-order valence-corrected chi connectivity index (χ1v) is 10.3. The number of fused-ring (bicyclic) bond motifs is 1. The molecule has 3 atom stereocenters. The van der Waals surface area contributed by atoms with Gasteiger partial charge in [0.05, 0.1) is 4.90 Å². The molecule has 1 heterocycles. The van der Waals surface area contributed by atoms with Crippen molar-refractivity contribution in [2.24, 2.45) is 5.92 Å². The Morgan fingerprint density at radius 3 is 2.44 bits per heavy atom. The molecule has 0 spiro atoms. The summed E-state index contributed by atoms with van der Waals surface area (Å²) in [6.07, 6.45) is 6.06. The van der Waals surface area contributed by atoms with Crippen LogP contribution in [0.3, 0.4) is 0 Å². The molecule has 25 heavy (non-hydrogen) atoms. The van der Waals surface area contributed by atoms with Crippen LogP contribution in [0.15, 0.2) is 71.6 Å². The maximum Gasteiger partial charge on any atom is 0.243 e. The van der Waals surface area contributed by atoms with Crippen LogP contribution in [-0.2, 0) is 10.0 Å². The fraction of sp³-hybridized carbons (Fsp3) is 0.333. The van der Waals surface area contributed by atoms with Crippen LogP contribution >= 0.6 is 0 Å². The van der Waals surface area contributed by atoms with Gasteiger partial charge in [-0.25, -0.2) is 8.42 Å². The van der Waals surface area contributed by atoms with E-state index in [1.165, 1.54) is 5.56 Å². The molecule has 2 aromatic carbocycles. The molecule has 1 aliphatic carbocycles. The van der Waals surface area contributed by atoms with E-state index < -0.39 is 10.0 Å². The van der Waals surface area contributed by atoms with Gasteiger partial charge in [0.2, 0.25) is 10.0 Å². The van der Waals surface area contributed by atoms with Gasteiger partial charge in [-0.3, -0.25) is 0 Å². The highest BCUT2D eigenvalue weighted by Gasteiger charge is 2.44. The van der Waals surface area contributed by atoms with Gasteiger partial charge in [0, 0.05) is 12.6 Å². The molecule has 4 heteroatoms. The summed E-state index contributed by atoms with van der Waals surface area (Å²) in [4.78, 5) is 0.398. The monoisotopic (exact) mass is 353 g/mol. The fourth-order valence-corrected chi connectivity index (χ4v) is 5.88. The molecule has 0 radical (unpaired) electrons. The topological polar surface area (TPSA) is 37.4 Å². The van der Waals surface area contributed by atoms with E-state index in [4.69, 9.17) is 0 Å². The molecule has 1 fully saturated rings. The fourth-order valence-electron chi connectivity index (χ4n) is 4.24. The third kappa shape index (κ3) is 2.94. The summed E-state index contributed by atoms with van der Waals surface area (Å²) < 4.78 is 28.1. The quantitative estimate of drug-likeness (QED) is 0.779. The van der Waals surface area contributed by atoms with Gasteiger partial charge in [-0.2, -0.15) is 4.31 Å². The number of allylic oxidation sites excluding steroid dienone is 1. The number of benzene rings is 2. The number of piperidine rings is 1. The van der Waals surface area contributed by atoms with Gasteiger partial charge in [-0.1, -0.05) is 60.2 Å². The van der Waals surface area contributed by atoms with Gasteiger partial charge in [0.25, 0.3) is 0 Å². The van der Waals surface area contributed by atoms with Gasteiger partial charge in [0.1, 0.15) is 0 Å². The summed E-state index contributed by atoms with van der Waals surface area (Å²) in [6.45, 7) is 2.54. The molecule has 0 N–H and O–H groups in total. The lowest BCUT2D eigenvalue weighted by Crippen LogP contribution is -2.48. The van der Waals surface area contributed by atoms with Crippen LogP contribution in [-0.4, -0.2) is 25.3 Å². The second-order valence-corrected chi connectivity index (χ2v) is 8.94. The number of hydrogen-bond donors (Lipinski definition) is 0. The first-order chi connectivity index (χ1) is 12.1. The highest BCUT2D eigenvalue weighted by molar-refractivity contribution is 7.89. The molecule has 2 aliphatic rings. The Morgan fingerprint density at radius 1 is 1.00 bits per heavy atom. The Hall–Kier alpha value is -1.91. The lowest BCUT2D eigenvalue weighted by molar-refractivity contribution is 0.196. The zero-order valence-corrected chi connectivity index (χ0v) is 15.2. The van der Waals surface area contributed by atoms with Crippen molar-refractivity contribution in [3.05, 3.63) is 77.9 Å². The Morgan fingerprint density at radius 2 is 1.72 bits per heavy atom. The molecule has 1 aliphatic heterocycles. The molecular weight excluding hydrogens is 330 g/mol. The maximum absolute atomic E-state index is 13.2. The molecule has 0 unspecified atom stereocenters. The maximum atomic E-state index is 13.2. The first-order valence-electron chi connectivity index (χ1n) is 8.87. The Bertz CT molecular complexity index is 872. The van der Waals surface area contributed by atoms with Crippen LogP contribution in [0.5, 0.6) is 0 Å². The average molecular weight is 353 g/mol. The number of nitrogens with zero attached hydrogens (tertiary/aromatic N) is 1. The first kappa shape index (κ1) is 16.6. The summed E-state index contributed by atoms with van der Waals surface area (Å²) in [5.41, 5.74) is 2.40. The highest BCUT2D eigenvalue weighted by Crippen LogP contribution is 2.44. The Labute approximate surface area is 150 Å². The SMILES string of the molecule is Cc1ccc(S(=O)(=O)N2CC[C@H](c3ccccc3)[C@@H]3CC=C[C@@H]32)cc1. The van der Waals surface area contributed by atoms with Crippen molar-refractivity contribution in [2.45, 2.75) is 36.6 Å². The standard InChI is InChI=1S/C21H23NO2S/c1-16-10-12-18(13-11-16)25(23,24)22-15-14-19(17-6-3-2-4-7-17)20-8-5-9-21(20)22/h2-7,9-13,19-21H,8,14-15H2,1H3/t19-,20+,21+/m1/s1. The van der Waals surface area contributed by atoms with E-state index >= 15 is 0 Å². The van der Waals surface area contributed by atoms with Crippen molar-refractivity contribution in [1.29, 1.82) is 0 Å². The van der Waals surface area contributed by atoms with Crippen LogP contribution in [0.2, 0.25) is 0 Å². The number of sulfonamides is 1. The van der Waals surface area contributed by atoms with E-state index in [2.05, 4.69) is 36.4 Å². The highest BCUT2D eigenvalue weighted by atomic mass is 32.2. The summed E-state index contributed by atoms with van der Waals surface area (Å²) >= 11 is 0. The summed E-state index contributed by atoms with van der Waals surface area (Å²) in [5, 5.41) is 0. The van der Waals surface area contributed by atoms with Crippen LogP contribution in [0.25, 0.3) is 0 Å². The van der Waals surface area contributed by atoms with E-state index in [0.717, 1.165) is 18.4 Å². The van der Waals surface area contributed by atoms with Crippen LogP contribution in [0.4, 0.5) is 0 Å². The van der Waals surface area contributed by atoms with E-state index in [1.54, 1.807) is 16.4 Å². The van der Waals surface area contributed by atoms with Gasteiger partial charge < -0.3 is 0 Å². The molecule has 2 aromatic rings. The predicted molar refractivity (Wildman–Crippen MR) is 99.9 cm³/mol. The lowest BCUT2D eigenvalue weighted by atomic mass is 9.77. The normalized spacial score (nSPS) is 26.5. The minimum absolute atomic E-state index is 0.0368. The Kier molecular flexibility index (Phi) is 4.26. The molecule has 1 saturated heterocycles. The summed E-state index contributed by atoms with van der Waals surface area (Å²) in [6, 6.07) is 17.7. The van der Waals surface area contributed by atoms with Crippen LogP contribution < -0.4 is 0 Å². The van der Waals surface area contributed by atoms with Gasteiger partial charge in [0.15, 0.2) is 0 Å². The predicted octanol–water partition coefficient (Wildman–Crippen LogP) is 4.12. The minimum atomic E-state index is -3.46. The average Bonchev–Trinajstić information content (AvgIpc) is 3.11. The minimum Gasteiger partial charge on any atom is -0.207 e. The van der Waals surface area contributed by atoms with E-state index in [0.29, 0.717) is 23.3 Å². The Balaban J connectivity index is 1.65. The molecule has 4 rings (SSSR count). The zero-order valence-electron chi connectivity index (χ0n) is 14.4. The molecule has 0 aromatic heterocycles. The van der Waals surface area contributed by atoms with Crippen molar-refractivity contribution >= 4 is 10.0 Å². The molecular formula is C21H23NO2S. The van der Waals surface area contributed by atoms with E-state index in [1.807, 2.05) is 25.1 Å². The second-order valence-electron chi connectivity index (χ2n) is 7.05. The van der Waals surface area contributed by atoms with Gasteiger partial charge in [-0.05, 0) is 49.3 Å². The molecule has 130 valence electrons. The van der Waals surface area contributed by atoms with E-state index in [9.17, 15) is 8.42 Å². The van der Waals surface area contributed by atoms with E-state index in [-0.39, 0.29) is 6.04 Å². The van der Waals surface area contributed by atoms with Gasteiger partial charge in [-0.15, -0.1) is 0 Å². The molecule has 0 bridgehead atoms. The third-order valence-electron chi connectivity index (χ3n) is 5.55. The zero-order chi connectivity index (χ0) is 17.4. The summed E-state index contributed by atoms with van der Waals surface area (Å²) in [7, 11) is -3.46. The van der Waals surface area contributed by atoms with Crippen LogP contribution in [0.1, 0.15) is 29.9 Å². The van der Waals surface area contributed by atoms with Crippen molar-refractivity contribution in [1.82, 2.24) is 4.31 Å². The smallest absolute Gasteiger partial charge is 0.207 e. The van der Waals surface area contributed by atoms with Crippen molar-refractivity contribution in [3.63, 3.8) is 0 Å². The number of rotatable bonds is 3. The lowest BCUT2D eigenvalue weighted by Gasteiger charge is -2.41. The van der Waals surface area contributed by atoms with Gasteiger partial charge >= 0.3 is 0 Å². The van der Waals surface area contributed by atoms with Crippen molar-refractivity contribution in [3.8, 4) is 0 Å². The largest absolute Gasteiger partial charge is 0.243 e. The molecule has 0 amide bonds. The molecule has 3 nitrogen and oxygen atoms in total. The van der Waals surface area contributed by atoms with Crippen LogP contribution in [0, 0.1) is 12.8 Å². The van der Waals surface area contributed by atoms with Crippen molar-refractivity contribution in [2.75, 3.05) is 6.54 Å². The molecule has 0 saturated carbocycles. The van der Waals surface area contributed by atoms with Crippen molar-refractivity contribution < 1.29 is 8.42 Å².